The van der Waals surface area contributed by atoms with Crippen LogP contribution in [0.15, 0.2) is 24.3 Å². The van der Waals surface area contributed by atoms with Gasteiger partial charge in [-0.05, 0) is 44.9 Å². The summed E-state index contributed by atoms with van der Waals surface area (Å²) in [5.41, 5.74) is 0.519. The fourth-order valence-electron chi connectivity index (χ4n) is 2.62. The molecular formula is C18H26N2O4. The van der Waals surface area contributed by atoms with E-state index in [4.69, 9.17) is 9.47 Å². The number of hydrogen-bond acceptors (Lipinski definition) is 4. The number of benzene rings is 1. The molecule has 0 radical (unpaired) electrons. The van der Waals surface area contributed by atoms with Crippen LogP contribution in [0.3, 0.4) is 0 Å². The summed E-state index contributed by atoms with van der Waals surface area (Å²) in [5.74, 6) is 0.315. The van der Waals surface area contributed by atoms with Crippen LogP contribution < -0.4 is 10.1 Å². The molecule has 1 atom stereocenters. The summed E-state index contributed by atoms with van der Waals surface area (Å²) >= 11 is 0. The molecule has 1 heterocycles. The second kappa shape index (κ2) is 9.27. The smallest absolute Gasteiger partial charge is 0.254 e. The first-order valence-electron chi connectivity index (χ1n) is 8.54. The predicted molar refractivity (Wildman–Crippen MR) is 91.2 cm³/mol. The SMILES string of the molecule is CCNC(=O)CN(CC)C(=O)c1cccc(OCC2CCCO2)c1. The Bertz CT molecular complexity index is 556. The minimum atomic E-state index is -0.175. The van der Waals surface area contributed by atoms with Gasteiger partial charge in [0, 0.05) is 25.3 Å². The number of amides is 2. The van der Waals surface area contributed by atoms with Crippen LogP contribution in [0.25, 0.3) is 0 Å². The van der Waals surface area contributed by atoms with Gasteiger partial charge in [0.25, 0.3) is 5.91 Å². The zero-order valence-electron chi connectivity index (χ0n) is 14.4. The van der Waals surface area contributed by atoms with Crippen molar-refractivity contribution in [3.05, 3.63) is 29.8 Å². The number of carbonyl (C=O) groups excluding carboxylic acids is 2. The number of ether oxygens (including phenoxy) is 2. The minimum Gasteiger partial charge on any atom is -0.491 e. The molecule has 1 aromatic rings. The molecule has 1 N–H and O–H groups in total. The van der Waals surface area contributed by atoms with Crippen molar-refractivity contribution in [1.29, 1.82) is 0 Å². The third-order valence-electron chi connectivity index (χ3n) is 3.92. The molecule has 1 unspecified atom stereocenters. The predicted octanol–water partition coefficient (Wildman–Crippen LogP) is 1.84. The van der Waals surface area contributed by atoms with E-state index in [2.05, 4.69) is 5.32 Å². The Hall–Kier alpha value is -2.08. The molecule has 0 spiro atoms. The van der Waals surface area contributed by atoms with E-state index in [0.29, 0.717) is 31.0 Å². The maximum atomic E-state index is 12.6. The van der Waals surface area contributed by atoms with Gasteiger partial charge in [-0.1, -0.05) is 6.07 Å². The van der Waals surface area contributed by atoms with Crippen molar-refractivity contribution >= 4 is 11.8 Å². The largest absolute Gasteiger partial charge is 0.491 e. The van der Waals surface area contributed by atoms with Crippen molar-refractivity contribution < 1.29 is 19.1 Å². The van der Waals surface area contributed by atoms with E-state index in [-0.39, 0.29) is 24.5 Å². The van der Waals surface area contributed by atoms with Gasteiger partial charge in [0.15, 0.2) is 0 Å². The van der Waals surface area contributed by atoms with Gasteiger partial charge in [-0.2, -0.15) is 0 Å². The van der Waals surface area contributed by atoms with E-state index in [0.717, 1.165) is 19.4 Å². The molecule has 1 saturated heterocycles. The zero-order valence-corrected chi connectivity index (χ0v) is 14.4. The van der Waals surface area contributed by atoms with Crippen molar-refractivity contribution in [2.45, 2.75) is 32.8 Å². The number of hydrogen-bond donors (Lipinski definition) is 1. The van der Waals surface area contributed by atoms with Crippen LogP contribution in [0.5, 0.6) is 5.75 Å². The molecule has 1 aliphatic rings. The molecule has 6 nitrogen and oxygen atoms in total. The minimum absolute atomic E-state index is 0.0597. The number of nitrogens with zero attached hydrogens (tertiary/aromatic N) is 1. The fraction of sp³-hybridized carbons (Fsp3) is 0.556. The molecule has 6 heteroatoms. The second-order valence-electron chi connectivity index (χ2n) is 5.75. The topological polar surface area (TPSA) is 67.9 Å². The molecule has 0 aliphatic carbocycles. The summed E-state index contributed by atoms with van der Waals surface area (Å²) in [4.78, 5) is 25.8. The second-order valence-corrected chi connectivity index (χ2v) is 5.75. The van der Waals surface area contributed by atoms with E-state index in [1.807, 2.05) is 19.9 Å². The Kier molecular flexibility index (Phi) is 7.06. The summed E-state index contributed by atoms with van der Waals surface area (Å²) < 4.78 is 11.3. The van der Waals surface area contributed by atoms with E-state index in [9.17, 15) is 9.59 Å². The maximum absolute atomic E-state index is 12.6. The maximum Gasteiger partial charge on any atom is 0.254 e. The summed E-state index contributed by atoms with van der Waals surface area (Å²) in [6, 6.07) is 7.07. The van der Waals surface area contributed by atoms with E-state index >= 15 is 0 Å². The Balaban J connectivity index is 1.97. The first-order valence-corrected chi connectivity index (χ1v) is 8.54. The summed E-state index contributed by atoms with van der Waals surface area (Å²) in [6.07, 6.45) is 2.21. The molecule has 1 aliphatic heterocycles. The average molecular weight is 334 g/mol. The van der Waals surface area contributed by atoms with Crippen LogP contribution >= 0.6 is 0 Å². The lowest BCUT2D eigenvalue weighted by Gasteiger charge is -2.20. The van der Waals surface area contributed by atoms with Crippen LogP contribution in [0.4, 0.5) is 0 Å². The highest BCUT2D eigenvalue weighted by molar-refractivity contribution is 5.96. The van der Waals surface area contributed by atoms with Crippen LogP contribution in [-0.4, -0.2) is 55.7 Å². The van der Waals surface area contributed by atoms with Crippen LogP contribution in [0, 0.1) is 0 Å². The molecule has 1 fully saturated rings. The summed E-state index contributed by atoms with van der Waals surface area (Å²) in [7, 11) is 0. The van der Waals surface area contributed by atoms with Crippen molar-refractivity contribution in [3.8, 4) is 5.75 Å². The number of likely N-dealkylation sites (N-methyl/N-ethyl adjacent to an activating group) is 2. The Morgan fingerprint density at radius 2 is 2.21 bits per heavy atom. The van der Waals surface area contributed by atoms with Crippen LogP contribution in [0.1, 0.15) is 37.0 Å². The van der Waals surface area contributed by atoms with Gasteiger partial charge in [-0.15, -0.1) is 0 Å². The van der Waals surface area contributed by atoms with Crippen LogP contribution in [-0.2, 0) is 9.53 Å². The lowest BCUT2D eigenvalue weighted by Crippen LogP contribution is -2.40. The molecule has 2 amide bonds. The third-order valence-corrected chi connectivity index (χ3v) is 3.92. The first-order chi connectivity index (χ1) is 11.6. The standard InChI is InChI=1S/C18H26N2O4/c1-3-19-17(21)12-20(4-2)18(22)14-7-5-8-15(11-14)24-13-16-9-6-10-23-16/h5,7-8,11,16H,3-4,6,9-10,12-13H2,1-2H3,(H,19,21). The molecule has 0 bridgehead atoms. The highest BCUT2D eigenvalue weighted by atomic mass is 16.5. The molecule has 2 rings (SSSR count). The van der Waals surface area contributed by atoms with Gasteiger partial charge in [0.05, 0.1) is 12.6 Å². The van der Waals surface area contributed by atoms with Crippen molar-refractivity contribution in [2.75, 3.05) is 32.8 Å². The Morgan fingerprint density at radius 1 is 1.38 bits per heavy atom. The number of nitrogens with one attached hydrogen (secondary N) is 1. The lowest BCUT2D eigenvalue weighted by atomic mass is 10.2. The molecule has 0 aromatic heterocycles. The molecule has 24 heavy (non-hydrogen) atoms. The molecule has 1 aromatic carbocycles. The lowest BCUT2D eigenvalue weighted by molar-refractivity contribution is -0.121. The van der Waals surface area contributed by atoms with Crippen molar-refractivity contribution in [3.63, 3.8) is 0 Å². The molecule has 132 valence electrons. The highest BCUT2D eigenvalue weighted by Gasteiger charge is 2.19. The van der Waals surface area contributed by atoms with Gasteiger partial charge in [-0.25, -0.2) is 0 Å². The normalized spacial score (nSPS) is 16.7. The zero-order chi connectivity index (χ0) is 17.4. The van der Waals surface area contributed by atoms with Crippen molar-refractivity contribution in [2.24, 2.45) is 0 Å². The van der Waals surface area contributed by atoms with Gasteiger partial charge < -0.3 is 19.7 Å². The van der Waals surface area contributed by atoms with E-state index in [1.54, 1.807) is 18.2 Å². The van der Waals surface area contributed by atoms with Gasteiger partial charge in [0.2, 0.25) is 5.91 Å². The van der Waals surface area contributed by atoms with Crippen molar-refractivity contribution in [1.82, 2.24) is 10.2 Å². The monoisotopic (exact) mass is 334 g/mol. The number of carbonyl (C=O) groups is 2. The molecular weight excluding hydrogens is 308 g/mol. The third kappa shape index (κ3) is 5.23. The summed E-state index contributed by atoms with van der Waals surface area (Å²) in [5, 5.41) is 2.71. The quantitative estimate of drug-likeness (QED) is 0.788. The Labute approximate surface area is 143 Å². The van der Waals surface area contributed by atoms with Gasteiger partial charge in [-0.3, -0.25) is 9.59 Å². The van der Waals surface area contributed by atoms with Crippen LogP contribution in [0.2, 0.25) is 0 Å². The summed E-state index contributed by atoms with van der Waals surface area (Å²) in [6.45, 7) is 6.07. The van der Waals surface area contributed by atoms with Gasteiger partial charge in [0.1, 0.15) is 12.4 Å². The number of rotatable bonds is 8. The van der Waals surface area contributed by atoms with Gasteiger partial charge >= 0.3 is 0 Å². The van der Waals surface area contributed by atoms with E-state index in [1.165, 1.54) is 4.90 Å². The Morgan fingerprint density at radius 3 is 2.88 bits per heavy atom. The molecule has 0 saturated carbocycles. The fourth-order valence-corrected chi connectivity index (χ4v) is 2.62. The first kappa shape index (κ1) is 18.3. The highest BCUT2D eigenvalue weighted by Crippen LogP contribution is 2.18. The average Bonchev–Trinajstić information content (AvgIpc) is 3.11. The van der Waals surface area contributed by atoms with E-state index < -0.39 is 0 Å².